The first-order chi connectivity index (χ1) is 12.2. The van der Waals surface area contributed by atoms with E-state index >= 15 is 0 Å². The number of alkyl halides is 1. The van der Waals surface area contributed by atoms with Crippen LogP contribution in [-0.4, -0.2) is 11.8 Å². The zero-order chi connectivity index (χ0) is 17.5. The molecule has 2 nitrogen and oxygen atoms in total. The molecule has 0 bridgehead atoms. The van der Waals surface area contributed by atoms with Gasteiger partial charge in [0.05, 0.1) is 0 Å². The van der Waals surface area contributed by atoms with Gasteiger partial charge in [-0.05, 0) is 5.56 Å². The summed E-state index contributed by atoms with van der Waals surface area (Å²) in [4.78, 5) is 12.2. The molecule has 0 saturated heterocycles. The molecule has 0 aliphatic rings. The molecule has 1 atom stereocenters. The fourth-order valence-corrected chi connectivity index (χ4v) is 3.10. The lowest BCUT2D eigenvalue weighted by molar-refractivity contribution is -0.153. The molecule has 4 heteroatoms. The van der Waals surface area contributed by atoms with E-state index in [0.717, 1.165) is 16.7 Å². The Morgan fingerprint density at radius 1 is 0.769 bits per heavy atom. The molecule has 0 radical (unpaired) electrons. The van der Waals surface area contributed by atoms with Crippen molar-refractivity contribution >= 4 is 27.5 Å². The summed E-state index contributed by atoms with van der Waals surface area (Å²) in [5, 5.41) is 0. The molecular formula is C22H22ClO2P. The lowest BCUT2D eigenvalue weighted by atomic mass is 9.81. The smallest absolute Gasteiger partial charge is 0.322 e. The van der Waals surface area contributed by atoms with Gasteiger partial charge in [0.1, 0.15) is 5.88 Å². The molecule has 3 rings (SSSR count). The van der Waals surface area contributed by atoms with E-state index in [4.69, 9.17) is 16.3 Å². The molecule has 0 aliphatic carbocycles. The van der Waals surface area contributed by atoms with Gasteiger partial charge >= 0.3 is 5.97 Å². The van der Waals surface area contributed by atoms with E-state index in [9.17, 15) is 4.79 Å². The first-order valence-corrected chi connectivity index (χ1v) is 8.71. The van der Waals surface area contributed by atoms with E-state index in [-0.39, 0.29) is 15.8 Å². The van der Waals surface area contributed by atoms with E-state index in [1.165, 1.54) is 0 Å². The Labute approximate surface area is 162 Å². The van der Waals surface area contributed by atoms with Gasteiger partial charge in [-0.25, -0.2) is 0 Å². The molecule has 0 spiro atoms. The summed E-state index contributed by atoms with van der Waals surface area (Å²) in [6, 6.07) is 29.7. The zero-order valence-corrected chi connectivity index (χ0v) is 16.6. The van der Waals surface area contributed by atoms with Crippen molar-refractivity contribution in [1.82, 2.24) is 0 Å². The van der Waals surface area contributed by atoms with Crippen molar-refractivity contribution in [1.29, 1.82) is 0 Å². The van der Waals surface area contributed by atoms with Gasteiger partial charge in [-0.1, -0.05) is 91.0 Å². The number of rotatable bonds is 6. The van der Waals surface area contributed by atoms with Crippen molar-refractivity contribution in [3.05, 3.63) is 108 Å². The number of hydrogen-bond acceptors (Lipinski definition) is 2. The number of hydrogen-bond donors (Lipinski definition) is 0. The minimum absolute atomic E-state index is 0. The second-order valence-electron chi connectivity index (χ2n) is 5.83. The van der Waals surface area contributed by atoms with Gasteiger partial charge in [0.2, 0.25) is 0 Å². The summed E-state index contributed by atoms with van der Waals surface area (Å²) in [7, 11) is 0. The molecule has 0 saturated carbocycles. The molecular weight excluding hydrogens is 363 g/mol. The number of halogens is 1. The van der Waals surface area contributed by atoms with Crippen LogP contribution in [0.15, 0.2) is 91.0 Å². The normalized spacial score (nSPS) is 10.7. The number of ether oxygens (including phenoxy) is 1. The summed E-state index contributed by atoms with van der Waals surface area (Å²) in [5.74, 6) is -0.624. The first kappa shape index (κ1) is 20.2. The van der Waals surface area contributed by atoms with Gasteiger partial charge in [-0.3, -0.25) is 4.79 Å². The van der Waals surface area contributed by atoms with Crippen LogP contribution in [0.4, 0.5) is 0 Å². The van der Waals surface area contributed by atoms with Crippen molar-refractivity contribution < 1.29 is 9.53 Å². The van der Waals surface area contributed by atoms with E-state index in [0.29, 0.717) is 6.42 Å². The molecule has 3 aromatic rings. The average molecular weight is 385 g/mol. The molecule has 26 heavy (non-hydrogen) atoms. The van der Waals surface area contributed by atoms with Crippen LogP contribution in [0.5, 0.6) is 0 Å². The lowest BCUT2D eigenvalue weighted by Gasteiger charge is -2.35. The summed E-state index contributed by atoms with van der Waals surface area (Å²) in [5.41, 5.74) is 2.00. The van der Waals surface area contributed by atoms with Crippen LogP contribution in [0.3, 0.4) is 0 Å². The number of carbonyl (C=O) groups is 1. The van der Waals surface area contributed by atoms with Crippen molar-refractivity contribution in [3.63, 3.8) is 0 Å². The Morgan fingerprint density at radius 3 is 1.62 bits per heavy atom. The summed E-state index contributed by atoms with van der Waals surface area (Å²) in [6.07, 6.45) is 0.532. The highest BCUT2D eigenvalue weighted by molar-refractivity contribution is 6.92. The topological polar surface area (TPSA) is 26.3 Å². The summed E-state index contributed by atoms with van der Waals surface area (Å²) in [6.45, 7) is 0. The highest BCUT2D eigenvalue weighted by Gasteiger charge is 2.38. The Balaban J connectivity index is 0.00000243. The van der Waals surface area contributed by atoms with Crippen LogP contribution < -0.4 is 0 Å². The van der Waals surface area contributed by atoms with Crippen LogP contribution in [0.1, 0.15) is 16.7 Å². The minimum atomic E-state index is -0.921. The highest BCUT2D eigenvalue weighted by atomic mass is 35.5. The molecule has 134 valence electrons. The molecule has 0 heterocycles. The Morgan fingerprint density at radius 2 is 1.19 bits per heavy atom. The predicted molar refractivity (Wildman–Crippen MR) is 112 cm³/mol. The van der Waals surface area contributed by atoms with Crippen LogP contribution in [0.25, 0.3) is 0 Å². The Kier molecular flexibility index (Phi) is 7.38. The molecule has 0 aromatic heterocycles. The van der Waals surface area contributed by atoms with Crippen molar-refractivity contribution in [2.75, 3.05) is 5.88 Å². The Bertz CT molecular complexity index is 768. The van der Waals surface area contributed by atoms with Crippen molar-refractivity contribution in [2.24, 2.45) is 0 Å². The third-order valence-corrected chi connectivity index (χ3v) is 4.39. The largest absolute Gasteiger partial charge is 0.448 e. The number of carbonyl (C=O) groups excluding carboxylic acids is 1. The van der Waals surface area contributed by atoms with E-state index in [2.05, 4.69) is 0 Å². The second-order valence-corrected chi connectivity index (χ2v) is 6.10. The maximum Gasteiger partial charge on any atom is 0.322 e. The number of benzene rings is 3. The maximum atomic E-state index is 12.2. The molecule has 3 aromatic carbocycles. The van der Waals surface area contributed by atoms with Gasteiger partial charge in [-0.2, -0.15) is 9.90 Å². The van der Waals surface area contributed by atoms with Gasteiger partial charge in [-0.15, -0.1) is 11.6 Å². The maximum absolute atomic E-state index is 12.2. The second kappa shape index (κ2) is 9.52. The molecule has 0 amide bonds. The van der Waals surface area contributed by atoms with E-state index < -0.39 is 11.6 Å². The first-order valence-electron chi connectivity index (χ1n) is 8.17. The predicted octanol–water partition coefficient (Wildman–Crippen LogP) is 5.01. The van der Waals surface area contributed by atoms with Crippen LogP contribution in [0, 0.1) is 0 Å². The SMILES string of the molecule is O=C(CCl)OC(Cc1ccccc1)(c1ccccc1)c1ccccc1.P. The third-order valence-electron chi connectivity index (χ3n) is 4.17. The fraction of sp³-hybridized carbons (Fsp3) is 0.136. The van der Waals surface area contributed by atoms with Gasteiger partial charge in [0, 0.05) is 17.5 Å². The van der Waals surface area contributed by atoms with Gasteiger partial charge < -0.3 is 4.74 Å². The lowest BCUT2D eigenvalue weighted by Crippen LogP contribution is -2.36. The standard InChI is InChI=1S/C22H19ClO2.H3P/c23-17-21(24)25-22(19-12-6-2-7-13-19,20-14-8-3-9-15-20)16-18-10-4-1-5-11-18;/h1-15H,16-17H2;1H3. The molecule has 0 N–H and O–H groups in total. The minimum Gasteiger partial charge on any atom is -0.448 e. The fourth-order valence-electron chi connectivity index (χ4n) is 3.04. The monoisotopic (exact) mass is 384 g/mol. The van der Waals surface area contributed by atoms with Crippen LogP contribution in [-0.2, 0) is 21.6 Å². The van der Waals surface area contributed by atoms with Crippen molar-refractivity contribution in [2.45, 2.75) is 12.0 Å². The number of esters is 1. The quantitative estimate of drug-likeness (QED) is 0.339. The van der Waals surface area contributed by atoms with Crippen LogP contribution >= 0.6 is 21.5 Å². The van der Waals surface area contributed by atoms with E-state index in [1.807, 2.05) is 91.0 Å². The van der Waals surface area contributed by atoms with Gasteiger partial charge in [0.15, 0.2) is 5.60 Å². The average Bonchev–Trinajstić information content (AvgIpc) is 2.69. The Hall–Kier alpha value is -2.15. The zero-order valence-electron chi connectivity index (χ0n) is 14.5. The van der Waals surface area contributed by atoms with Crippen molar-refractivity contribution in [3.8, 4) is 0 Å². The van der Waals surface area contributed by atoms with E-state index in [1.54, 1.807) is 0 Å². The van der Waals surface area contributed by atoms with Crippen LogP contribution in [0.2, 0.25) is 0 Å². The highest BCUT2D eigenvalue weighted by Crippen LogP contribution is 2.37. The van der Waals surface area contributed by atoms with Gasteiger partial charge in [0.25, 0.3) is 0 Å². The molecule has 1 unspecified atom stereocenters. The molecule has 0 fully saturated rings. The molecule has 0 aliphatic heterocycles. The third kappa shape index (κ3) is 4.52. The summed E-state index contributed by atoms with van der Waals surface area (Å²) >= 11 is 5.76. The summed E-state index contributed by atoms with van der Waals surface area (Å²) < 4.78 is 5.99.